The highest BCUT2D eigenvalue weighted by Crippen LogP contribution is 2.23. The van der Waals surface area contributed by atoms with E-state index in [0.717, 1.165) is 16.5 Å². The quantitative estimate of drug-likeness (QED) is 0.213. The van der Waals surface area contributed by atoms with Gasteiger partial charge in [0.2, 0.25) is 10.0 Å². The maximum absolute atomic E-state index is 12.2. The number of hydrogen-bond acceptors (Lipinski definition) is 6. The molecule has 0 saturated carbocycles. The molecule has 1 N–H and O–H groups in total. The van der Waals surface area contributed by atoms with Gasteiger partial charge >= 0.3 is 11.6 Å². The third-order valence-electron chi connectivity index (χ3n) is 5.10. The van der Waals surface area contributed by atoms with E-state index in [0.29, 0.717) is 43.6 Å². The number of fused-ring (bicyclic) bond motifs is 1. The Kier molecular flexibility index (Phi) is 7.82. The normalized spacial score (nSPS) is 11.6. The smallest absolute Gasteiger partial charge is 0.336 e. The molecule has 1 aromatic heterocycles. The SMILES string of the molecule is CCc1cc(=O)oc2cc(OC(=O)CCCCCNS(=O)(=O)c3ccc(C)cc3)ccc12. The van der Waals surface area contributed by atoms with Crippen LogP contribution in [0.5, 0.6) is 5.75 Å². The summed E-state index contributed by atoms with van der Waals surface area (Å²) in [6.07, 6.45) is 2.77. The highest BCUT2D eigenvalue weighted by atomic mass is 32.2. The second kappa shape index (κ2) is 10.6. The molecule has 32 heavy (non-hydrogen) atoms. The van der Waals surface area contributed by atoms with Gasteiger partial charge in [0.15, 0.2) is 0 Å². The van der Waals surface area contributed by atoms with Gasteiger partial charge in [-0.05, 0) is 56.0 Å². The molecule has 0 spiro atoms. The second-order valence-electron chi connectivity index (χ2n) is 7.60. The maximum Gasteiger partial charge on any atom is 0.336 e. The van der Waals surface area contributed by atoms with E-state index in [1.165, 1.54) is 6.07 Å². The molecule has 0 aliphatic carbocycles. The Morgan fingerprint density at radius 3 is 2.50 bits per heavy atom. The van der Waals surface area contributed by atoms with Crippen LogP contribution in [0.1, 0.15) is 43.7 Å². The summed E-state index contributed by atoms with van der Waals surface area (Å²) >= 11 is 0. The minimum atomic E-state index is -3.52. The third kappa shape index (κ3) is 6.27. The number of carbonyl (C=O) groups excluding carboxylic acids is 1. The first kappa shape index (κ1) is 23.7. The van der Waals surface area contributed by atoms with Crippen molar-refractivity contribution in [2.45, 2.75) is 50.8 Å². The molecule has 0 radical (unpaired) electrons. The summed E-state index contributed by atoms with van der Waals surface area (Å²) < 4.78 is 37.6. The van der Waals surface area contributed by atoms with E-state index in [4.69, 9.17) is 9.15 Å². The molecule has 3 aromatic rings. The molecule has 0 aliphatic rings. The van der Waals surface area contributed by atoms with E-state index in [1.54, 1.807) is 42.5 Å². The van der Waals surface area contributed by atoms with Crippen LogP contribution in [0.2, 0.25) is 0 Å². The molecule has 170 valence electrons. The number of carbonyl (C=O) groups is 1. The molecule has 7 nitrogen and oxygen atoms in total. The molecule has 0 amide bonds. The van der Waals surface area contributed by atoms with Crippen LogP contribution in [0.25, 0.3) is 11.0 Å². The second-order valence-corrected chi connectivity index (χ2v) is 9.36. The number of esters is 1. The molecule has 0 saturated heterocycles. The van der Waals surface area contributed by atoms with E-state index in [1.807, 2.05) is 13.8 Å². The predicted molar refractivity (Wildman–Crippen MR) is 122 cm³/mol. The van der Waals surface area contributed by atoms with Crippen molar-refractivity contribution in [1.82, 2.24) is 4.72 Å². The lowest BCUT2D eigenvalue weighted by Gasteiger charge is -2.08. The van der Waals surface area contributed by atoms with Crippen LogP contribution in [0.15, 0.2) is 62.6 Å². The lowest BCUT2D eigenvalue weighted by molar-refractivity contribution is -0.134. The van der Waals surface area contributed by atoms with Crippen molar-refractivity contribution in [3.05, 3.63) is 70.1 Å². The van der Waals surface area contributed by atoms with Gasteiger partial charge in [0, 0.05) is 30.5 Å². The average Bonchev–Trinajstić information content (AvgIpc) is 2.75. The fourth-order valence-electron chi connectivity index (χ4n) is 3.33. The number of nitrogens with one attached hydrogen (secondary N) is 1. The van der Waals surface area contributed by atoms with Crippen molar-refractivity contribution in [2.24, 2.45) is 0 Å². The standard InChI is InChI=1S/C24H27NO6S/c1-3-18-15-24(27)31-22-16-19(10-13-21(18)22)30-23(26)7-5-4-6-14-25-32(28,29)20-11-8-17(2)9-12-20/h8-13,15-16,25H,3-7,14H2,1-2H3. The highest BCUT2D eigenvalue weighted by molar-refractivity contribution is 7.89. The lowest BCUT2D eigenvalue weighted by Crippen LogP contribution is -2.24. The molecule has 0 aliphatic heterocycles. The van der Waals surface area contributed by atoms with Gasteiger partial charge in [-0.15, -0.1) is 0 Å². The number of hydrogen-bond donors (Lipinski definition) is 1. The fourth-order valence-corrected chi connectivity index (χ4v) is 4.40. The van der Waals surface area contributed by atoms with Crippen LogP contribution in [0, 0.1) is 6.92 Å². The van der Waals surface area contributed by atoms with Gasteiger partial charge in [-0.1, -0.05) is 31.0 Å². The van der Waals surface area contributed by atoms with Crippen LogP contribution in [-0.2, 0) is 21.2 Å². The lowest BCUT2D eigenvalue weighted by atomic mass is 10.1. The van der Waals surface area contributed by atoms with Gasteiger partial charge < -0.3 is 9.15 Å². The minimum absolute atomic E-state index is 0.210. The van der Waals surface area contributed by atoms with Gasteiger partial charge in [-0.25, -0.2) is 17.9 Å². The summed E-state index contributed by atoms with van der Waals surface area (Å²) in [5, 5.41) is 0.819. The minimum Gasteiger partial charge on any atom is -0.426 e. The third-order valence-corrected chi connectivity index (χ3v) is 6.57. The number of rotatable bonds is 10. The Balaban J connectivity index is 1.42. The zero-order valence-electron chi connectivity index (χ0n) is 18.2. The summed E-state index contributed by atoms with van der Waals surface area (Å²) in [6, 6.07) is 13.1. The highest BCUT2D eigenvalue weighted by Gasteiger charge is 2.13. The van der Waals surface area contributed by atoms with Gasteiger partial charge in [0.1, 0.15) is 11.3 Å². The van der Waals surface area contributed by atoms with E-state index >= 15 is 0 Å². The molecule has 0 atom stereocenters. The average molecular weight is 458 g/mol. The monoisotopic (exact) mass is 457 g/mol. The topological polar surface area (TPSA) is 103 Å². The zero-order valence-corrected chi connectivity index (χ0v) is 19.0. The van der Waals surface area contributed by atoms with Crippen molar-refractivity contribution in [2.75, 3.05) is 6.54 Å². The van der Waals surface area contributed by atoms with Gasteiger partial charge in [0.05, 0.1) is 4.90 Å². The molecule has 8 heteroatoms. The number of benzene rings is 2. The summed E-state index contributed by atoms with van der Waals surface area (Å²) in [4.78, 5) is 24.0. The molecule has 2 aromatic carbocycles. The van der Waals surface area contributed by atoms with Gasteiger partial charge in [0.25, 0.3) is 0 Å². The Morgan fingerprint density at radius 1 is 1.03 bits per heavy atom. The van der Waals surface area contributed by atoms with E-state index < -0.39 is 21.6 Å². The number of unbranched alkanes of at least 4 members (excludes halogenated alkanes) is 2. The van der Waals surface area contributed by atoms with Crippen molar-refractivity contribution in [3.63, 3.8) is 0 Å². The first-order chi connectivity index (χ1) is 15.3. The number of aryl methyl sites for hydroxylation is 2. The first-order valence-corrected chi connectivity index (χ1v) is 12.1. The summed E-state index contributed by atoms with van der Waals surface area (Å²) in [7, 11) is -3.52. The van der Waals surface area contributed by atoms with Crippen LogP contribution in [-0.4, -0.2) is 20.9 Å². The molecule has 0 bridgehead atoms. The van der Waals surface area contributed by atoms with Crippen molar-refractivity contribution in [3.8, 4) is 5.75 Å². The Hall–Kier alpha value is -2.97. The molecule has 1 heterocycles. The predicted octanol–water partition coefficient (Wildman–Crippen LogP) is 4.11. The van der Waals surface area contributed by atoms with Crippen LogP contribution >= 0.6 is 0 Å². The molecule has 0 fully saturated rings. The first-order valence-electron chi connectivity index (χ1n) is 10.6. The van der Waals surface area contributed by atoms with E-state index in [9.17, 15) is 18.0 Å². The van der Waals surface area contributed by atoms with Crippen LogP contribution in [0.4, 0.5) is 0 Å². The Bertz CT molecular complexity index is 1250. The van der Waals surface area contributed by atoms with E-state index in [2.05, 4.69) is 4.72 Å². The maximum atomic E-state index is 12.2. The Labute approximate surface area is 187 Å². The van der Waals surface area contributed by atoms with Crippen LogP contribution in [0.3, 0.4) is 0 Å². The molecule has 3 rings (SSSR count). The fraction of sp³-hybridized carbons (Fsp3) is 0.333. The summed E-state index contributed by atoms with van der Waals surface area (Å²) in [6.45, 7) is 4.15. The molecular formula is C24H27NO6S. The summed E-state index contributed by atoms with van der Waals surface area (Å²) in [5.74, 6) is -0.0664. The zero-order chi connectivity index (χ0) is 23.1. The van der Waals surface area contributed by atoms with Crippen molar-refractivity contribution < 1.29 is 22.4 Å². The van der Waals surface area contributed by atoms with E-state index in [-0.39, 0.29) is 11.3 Å². The Morgan fingerprint density at radius 2 is 1.78 bits per heavy atom. The number of ether oxygens (including phenoxy) is 1. The summed E-state index contributed by atoms with van der Waals surface area (Å²) in [5.41, 5.74) is 1.83. The number of sulfonamides is 1. The van der Waals surface area contributed by atoms with Gasteiger partial charge in [-0.2, -0.15) is 0 Å². The van der Waals surface area contributed by atoms with Crippen molar-refractivity contribution in [1.29, 1.82) is 0 Å². The van der Waals surface area contributed by atoms with Crippen molar-refractivity contribution >= 4 is 27.0 Å². The van der Waals surface area contributed by atoms with Crippen LogP contribution < -0.4 is 15.1 Å². The molecule has 0 unspecified atom stereocenters. The molecular weight excluding hydrogens is 430 g/mol. The van der Waals surface area contributed by atoms with Gasteiger partial charge in [-0.3, -0.25) is 4.79 Å². The largest absolute Gasteiger partial charge is 0.426 e.